The molecule has 146 valence electrons. The van der Waals surface area contributed by atoms with Gasteiger partial charge in [-0.15, -0.1) is 0 Å². The van der Waals surface area contributed by atoms with E-state index in [1.807, 2.05) is 6.07 Å². The first-order valence-electron chi connectivity index (χ1n) is 8.05. The molecular weight excluding hydrogens is 374 g/mol. The summed E-state index contributed by atoms with van der Waals surface area (Å²) in [7, 11) is 0. The van der Waals surface area contributed by atoms with Crippen LogP contribution in [0, 0.1) is 11.3 Å². The van der Waals surface area contributed by atoms with E-state index in [-0.39, 0.29) is 5.75 Å². The summed E-state index contributed by atoms with van der Waals surface area (Å²) in [6.07, 6.45) is -0.966. The number of benzene rings is 2. The van der Waals surface area contributed by atoms with Crippen molar-refractivity contribution >= 4 is 17.6 Å². The van der Waals surface area contributed by atoms with Gasteiger partial charge in [-0.3, -0.25) is 4.79 Å². The van der Waals surface area contributed by atoms with Crippen LogP contribution in [0.3, 0.4) is 0 Å². The molecule has 0 aliphatic heterocycles. The number of carbonyl (C=O) groups is 2. The van der Waals surface area contributed by atoms with Gasteiger partial charge in [0.2, 0.25) is 0 Å². The molecule has 1 N–H and O–H groups in total. The van der Waals surface area contributed by atoms with Crippen molar-refractivity contribution in [2.45, 2.75) is 19.6 Å². The molecule has 0 saturated heterocycles. The van der Waals surface area contributed by atoms with Gasteiger partial charge in [-0.05, 0) is 55.5 Å². The van der Waals surface area contributed by atoms with Crippen molar-refractivity contribution in [3.05, 3.63) is 54.1 Å². The maximum atomic E-state index is 12.1. The van der Waals surface area contributed by atoms with Crippen LogP contribution >= 0.6 is 0 Å². The number of esters is 1. The summed E-state index contributed by atoms with van der Waals surface area (Å²) in [5, 5.41) is 11.2. The van der Waals surface area contributed by atoms with Crippen LogP contribution in [0.5, 0.6) is 11.5 Å². The molecule has 1 amide bonds. The highest BCUT2D eigenvalue weighted by atomic mass is 19.3. The standard InChI is InChI=1S/C19H16F2N2O5/c1-12(27-15-6-2-13(10-22)3-7-15)18(25)26-11-17(24)23-14-4-8-16(9-5-14)28-19(20)21/h2-9,12,19H,11H2,1H3,(H,23,24)/t12-/m0/s1. The number of anilines is 1. The van der Waals surface area contributed by atoms with Crippen molar-refractivity contribution in [2.24, 2.45) is 0 Å². The zero-order valence-corrected chi connectivity index (χ0v) is 14.7. The summed E-state index contributed by atoms with van der Waals surface area (Å²) < 4.78 is 38.6. The van der Waals surface area contributed by atoms with Gasteiger partial charge >= 0.3 is 12.6 Å². The van der Waals surface area contributed by atoms with Crippen LogP contribution in [-0.4, -0.2) is 31.2 Å². The van der Waals surface area contributed by atoms with Gasteiger partial charge in [0.15, 0.2) is 12.7 Å². The molecule has 9 heteroatoms. The molecule has 0 aromatic heterocycles. The van der Waals surface area contributed by atoms with E-state index in [4.69, 9.17) is 14.7 Å². The van der Waals surface area contributed by atoms with Gasteiger partial charge in [-0.25, -0.2) is 4.79 Å². The first-order chi connectivity index (χ1) is 13.4. The van der Waals surface area contributed by atoms with Crippen LogP contribution in [0.25, 0.3) is 0 Å². The van der Waals surface area contributed by atoms with E-state index in [0.717, 1.165) is 0 Å². The van der Waals surface area contributed by atoms with Gasteiger partial charge in [0, 0.05) is 5.69 Å². The van der Waals surface area contributed by atoms with E-state index in [0.29, 0.717) is 17.0 Å². The Morgan fingerprint density at radius 2 is 1.61 bits per heavy atom. The minimum absolute atomic E-state index is 0.0480. The Bertz CT molecular complexity index is 848. The number of alkyl halides is 2. The second-order valence-corrected chi connectivity index (χ2v) is 5.46. The molecule has 0 bridgehead atoms. The number of amides is 1. The average Bonchev–Trinajstić information content (AvgIpc) is 2.67. The lowest BCUT2D eigenvalue weighted by molar-refractivity contribution is -0.153. The number of halogens is 2. The largest absolute Gasteiger partial charge is 0.479 e. The Kier molecular flexibility index (Phi) is 7.28. The van der Waals surface area contributed by atoms with Crippen LogP contribution in [0.2, 0.25) is 0 Å². The van der Waals surface area contributed by atoms with Crippen molar-refractivity contribution < 1.29 is 32.6 Å². The summed E-state index contributed by atoms with van der Waals surface area (Å²) in [6.45, 7) is -2.02. The Balaban J connectivity index is 1.77. The maximum absolute atomic E-state index is 12.1. The minimum Gasteiger partial charge on any atom is -0.479 e. The quantitative estimate of drug-likeness (QED) is 0.696. The van der Waals surface area contributed by atoms with Crippen LogP contribution in [0.1, 0.15) is 12.5 Å². The zero-order valence-electron chi connectivity index (χ0n) is 14.7. The summed E-state index contributed by atoms with van der Waals surface area (Å²) in [6, 6.07) is 13.4. The molecule has 0 spiro atoms. The molecular formula is C19H16F2N2O5. The van der Waals surface area contributed by atoms with Gasteiger partial charge in [0.1, 0.15) is 11.5 Å². The fourth-order valence-corrected chi connectivity index (χ4v) is 2.03. The van der Waals surface area contributed by atoms with Crippen molar-refractivity contribution in [3.63, 3.8) is 0 Å². The minimum atomic E-state index is -2.94. The third kappa shape index (κ3) is 6.57. The highest BCUT2D eigenvalue weighted by Gasteiger charge is 2.18. The second kappa shape index (κ2) is 9.87. The Morgan fingerprint density at radius 1 is 1.04 bits per heavy atom. The Labute approximate surface area is 159 Å². The maximum Gasteiger partial charge on any atom is 0.387 e. The molecule has 2 aromatic carbocycles. The van der Waals surface area contributed by atoms with E-state index in [9.17, 15) is 18.4 Å². The highest BCUT2D eigenvalue weighted by molar-refractivity contribution is 5.93. The van der Waals surface area contributed by atoms with E-state index in [1.54, 1.807) is 12.1 Å². The van der Waals surface area contributed by atoms with Gasteiger partial charge < -0.3 is 19.5 Å². The molecule has 0 aliphatic carbocycles. The third-order valence-electron chi connectivity index (χ3n) is 3.34. The third-order valence-corrected chi connectivity index (χ3v) is 3.34. The molecule has 0 fully saturated rings. The number of nitrogens with one attached hydrogen (secondary N) is 1. The molecule has 28 heavy (non-hydrogen) atoms. The normalized spacial score (nSPS) is 11.2. The van der Waals surface area contributed by atoms with Crippen molar-refractivity contribution in [3.8, 4) is 17.6 Å². The van der Waals surface area contributed by atoms with Crippen LogP contribution in [-0.2, 0) is 14.3 Å². The highest BCUT2D eigenvalue weighted by Crippen LogP contribution is 2.18. The molecule has 2 aromatic rings. The summed E-state index contributed by atoms with van der Waals surface area (Å²) in [4.78, 5) is 23.7. The fraction of sp³-hybridized carbons (Fsp3) is 0.211. The first-order valence-corrected chi connectivity index (χ1v) is 8.05. The molecule has 0 aliphatic rings. The molecule has 2 rings (SSSR count). The number of ether oxygens (including phenoxy) is 3. The molecule has 1 atom stereocenters. The number of hydrogen-bond acceptors (Lipinski definition) is 6. The number of nitrogens with zero attached hydrogens (tertiary/aromatic N) is 1. The van der Waals surface area contributed by atoms with Crippen LogP contribution in [0.15, 0.2) is 48.5 Å². The van der Waals surface area contributed by atoms with E-state index in [2.05, 4.69) is 10.1 Å². The van der Waals surface area contributed by atoms with Crippen LogP contribution < -0.4 is 14.8 Å². The van der Waals surface area contributed by atoms with E-state index < -0.39 is 31.2 Å². The number of carbonyl (C=O) groups excluding carboxylic acids is 2. The van der Waals surface area contributed by atoms with E-state index >= 15 is 0 Å². The number of hydrogen-bond donors (Lipinski definition) is 1. The number of nitriles is 1. The lowest BCUT2D eigenvalue weighted by Crippen LogP contribution is -2.29. The van der Waals surface area contributed by atoms with E-state index in [1.165, 1.54) is 43.3 Å². The zero-order chi connectivity index (χ0) is 20.5. The number of rotatable bonds is 8. The SMILES string of the molecule is C[C@H](Oc1ccc(C#N)cc1)C(=O)OCC(=O)Nc1ccc(OC(F)F)cc1. The molecule has 0 unspecified atom stereocenters. The van der Waals surface area contributed by atoms with Gasteiger partial charge in [-0.2, -0.15) is 14.0 Å². The van der Waals surface area contributed by atoms with Crippen molar-refractivity contribution in [1.82, 2.24) is 0 Å². The predicted octanol–water partition coefficient (Wildman–Crippen LogP) is 3.11. The van der Waals surface area contributed by atoms with Crippen molar-refractivity contribution in [2.75, 3.05) is 11.9 Å². The summed E-state index contributed by atoms with van der Waals surface area (Å²) >= 11 is 0. The van der Waals surface area contributed by atoms with Crippen molar-refractivity contribution in [1.29, 1.82) is 5.26 Å². The molecule has 0 heterocycles. The fourth-order valence-electron chi connectivity index (χ4n) is 2.03. The lowest BCUT2D eigenvalue weighted by Gasteiger charge is -2.14. The van der Waals surface area contributed by atoms with Gasteiger partial charge in [-0.1, -0.05) is 0 Å². The van der Waals surface area contributed by atoms with Gasteiger partial charge in [0.25, 0.3) is 5.91 Å². The topological polar surface area (TPSA) is 97.6 Å². The average molecular weight is 390 g/mol. The lowest BCUT2D eigenvalue weighted by atomic mass is 10.2. The smallest absolute Gasteiger partial charge is 0.387 e. The molecule has 7 nitrogen and oxygen atoms in total. The van der Waals surface area contributed by atoms with Gasteiger partial charge in [0.05, 0.1) is 11.6 Å². The Hall–Kier alpha value is -3.67. The first kappa shape index (κ1) is 20.6. The Morgan fingerprint density at radius 3 is 2.18 bits per heavy atom. The predicted molar refractivity (Wildman–Crippen MR) is 93.9 cm³/mol. The van der Waals surface area contributed by atoms with Crippen LogP contribution in [0.4, 0.5) is 14.5 Å². The monoisotopic (exact) mass is 390 g/mol. The summed E-state index contributed by atoms with van der Waals surface area (Å²) in [5.74, 6) is -1.03. The second-order valence-electron chi connectivity index (χ2n) is 5.46. The summed E-state index contributed by atoms with van der Waals surface area (Å²) in [5.41, 5.74) is 0.776. The molecule has 0 saturated carbocycles. The molecule has 0 radical (unpaired) electrons.